The van der Waals surface area contributed by atoms with Crippen molar-refractivity contribution in [1.29, 1.82) is 0 Å². The van der Waals surface area contributed by atoms with E-state index in [1.807, 2.05) is 6.92 Å². The summed E-state index contributed by atoms with van der Waals surface area (Å²) < 4.78 is 5.41. The number of ether oxygens (including phenoxy) is 1. The van der Waals surface area contributed by atoms with E-state index in [1.165, 1.54) is 12.8 Å². The molecule has 1 aliphatic rings. The third-order valence-corrected chi connectivity index (χ3v) is 3.86. The van der Waals surface area contributed by atoms with E-state index in [-0.39, 0.29) is 5.28 Å². The second kappa shape index (κ2) is 6.57. The van der Waals surface area contributed by atoms with E-state index in [2.05, 4.69) is 34.1 Å². The van der Waals surface area contributed by atoms with Crippen molar-refractivity contribution >= 4 is 17.5 Å². The van der Waals surface area contributed by atoms with Gasteiger partial charge in [0.2, 0.25) is 11.2 Å². The van der Waals surface area contributed by atoms with Crippen LogP contribution in [-0.2, 0) is 0 Å². The topological polar surface area (TPSA) is 59.9 Å². The maximum atomic E-state index is 5.91. The highest BCUT2D eigenvalue weighted by atomic mass is 35.5. The van der Waals surface area contributed by atoms with Crippen LogP contribution in [0.4, 0.5) is 5.95 Å². The maximum Gasteiger partial charge on any atom is 0.322 e. The predicted molar refractivity (Wildman–Crippen MR) is 80.3 cm³/mol. The van der Waals surface area contributed by atoms with Crippen molar-refractivity contribution in [3.63, 3.8) is 0 Å². The van der Waals surface area contributed by atoms with Crippen LogP contribution in [0.5, 0.6) is 6.01 Å². The molecule has 1 aromatic rings. The summed E-state index contributed by atoms with van der Waals surface area (Å²) in [6, 6.07) is 0.700. The summed E-state index contributed by atoms with van der Waals surface area (Å²) in [5, 5.41) is 3.52. The number of halogens is 1. The Balaban J connectivity index is 1.97. The fourth-order valence-electron chi connectivity index (χ4n) is 2.38. The van der Waals surface area contributed by atoms with Gasteiger partial charge in [-0.3, -0.25) is 0 Å². The van der Waals surface area contributed by atoms with Crippen LogP contribution in [0.3, 0.4) is 0 Å². The first-order valence-corrected chi connectivity index (χ1v) is 7.67. The molecule has 5 nitrogen and oxygen atoms in total. The number of aromatic nitrogens is 3. The van der Waals surface area contributed by atoms with Crippen LogP contribution < -0.4 is 10.1 Å². The molecular formula is C14H23ClN4O. The minimum atomic E-state index is 0.171. The Hall–Kier alpha value is -1.10. The Morgan fingerprint density at radius 1 is 1.25 bits per heavy atom. The van der Waals surface area contributed by atoms with Crippen LogP contribution in [0.25, 0.3) is 0 Å². The van der Waals surface area contributed by atoms with Crippen molar-refractivity contribution in [2.75, 3.05) is 11.9 Å². The van der Waals surface area contributed by atoms with Crippen LogP contribution in [0.1, 0.15) is 52.9 Å². The van der Waals surface area contributed by atoms with Crippen LogP contribution in [0, 0.1) is 5.41 Å². The summed E-state index contributed by atoms with van der Waals surface area (Å²) in [6.07, 6.45) is 5.58. The molecule has 0 saturated heterocycles. The molecule has 1 aliphatic carbocycles. The Kier molecular flexibility index (Phi) is 5.02. The van der Waals surface area contributed by atoms with Crippen LogP contribution in [-0.4, -0.2) is 27.6 Å². The Morgan fingerprint density at radius 2 is 1.95 bits per heavy atom. The third-order valence-electron chi connectivity index (χ3n) is 3.70. The summed E-state index contributed by atoms with van der Waals surface area (Å²) in [6.45, 7) is 7.25. The monoisotopic (exact) mass is 298 g/mol. The van der Waals surface area contributed by atoms with E-state index in [4.69, 9.17) is 16.3 Å². The van der Waals surface area contributed by atoms with Crippen molar-refractivity contribution in [1.82, 2.24) is 15.0 Å². The zero-order valence-corrected chi connectivity index (χ0v) is 13.2. The number of hydrogen-bond acceptors (Lipinski definition) is 5. The lowest BCUT2D eigenvalue weighted by Crippen LogP contribution is -2.30. The van der Waals surface area contributed by atoms with Crippen LogP contribution in [0.15, 0.2) is 0 Å². The smallest absolute Gasteiger partial charge is 0.322 e. The van der Waals surface area contributed by atoms with Gasteiger partial charge in [0.15, 0.2) is 0 Å². The van der Waals surface area contributed by atoms with E-state index >= 15 is 0 Å². The molecule has 1 heterocycles. The van der Waals surface area contributed by atoms with E-state index in [0.717, 1.165) is 19.3 Å². The summed E-state index contributed by atoms with van der Waals surface area (Å²) >= 11 is 5.91. The van der Waals surface area contributed by atoms with Gasteiger partial charge in [-0.1, -0.05) is 20.8 Å². The first-order chi connectivity index (χ1) is 9.48. The van der Waals surface area contributed by atoms with Gasteiger partial charge < -0.3 is 10.1 Å². The van der Waals surface area contributed by atoms with Crippen molar-refractivity contribution in [2.24, 2.45) is 5.41 Å². The van der Waals surface area contributed by atoms with Crippen LogP contribution in [0.2, 0.25) is 5.28 Å². The summed E-state index contributed by atoms with van der Waals surface area (Å²) in [4.78, 5) is 12.4. The molecule has 0 aliphatic heterocycles. The van der Waals surface area contributed by atoms with Gasteiger partial charge >= 0.3 is 6.01 Å². The number of hydrogen-bond donors (Lipinski definition) is 1. The van der Waals surface area contributed by atoms with Gasteiger partial charge in [0.25, 0.3) is 0 Å². The SMILES string of the molecule is CCCOc1nc(Cl)nc(NC2CCC(C)(C)CC2)n1. The molecule has 0 unspecified atom stereocenters. The van der Waals surface area contributed by atoms with E-state index in [1.54, 1.807) is 0 Å². The van der Waals surface area contributed by atoms with E-state index in [0.29, 0.717) is 30.0 Å². The highest BCUT2D eigenvalue weighted by Gasteiger charge is 2.27. The standard InChI is InChI=1S/C14H23ClN4O/c1-4-9-20-13-18-11(15)17-12(19-13)16-10-5-7-14(2,3)8-6-10/h10H,4-9H2,1-3H3,(H,16,17,18,19). The Labute approximate surface area is 125 Å². The molecule has 1 N–H and O–H groups in total. The lowest BCUT2D eigenvalue weighted by Gasteiger charge is -2.34. The average Bonchev–Trinajstić information content (AvgIpc) is 2.38. The van der Waals surface area contributed by atoms with Crippen molar-refractivity contribution in [2.45, 2.75) is 58.9 Å². The molecule has 1 fully saturated rings. The maximum absolute atomic E-state index is 5.91. The molecule has 0 amide bonds. The number of nitrogens with zero attached hydrogens (tertiary/aromatic N) is 3. The molecule has 0 aromatic carbocycles. The van der Waals surface area contributed by atoms with Gasteiger partial charge in [0.1, 0.15) is 0 Å². The largest absolute Gasteiger partial charge is 0.463 e. The predicted octanol–water partition coefficient (Wildman–Crippen LogP) is 3.69. The first-order valence-electron chi connectivity index (χ1n) is 7.29. The molecule has 0 atom stereocenters. The first kappa shape index (κ1) is 15.3. The van der Waals surface area contributed by atoms with Gasteiger partial charge in [-0.25, -0.2) is 0 Å². The van der Waals surface area contributed by atoms with Gasteiger partial charge in [0, 0.05) is 6.04 Å². The molecule has 0 radical (unpaired) electrons. The van der Waals surface area contributed by atoms with Gasteiger partial charge in [-0.2, -0.15) is 15.0 Å². The molecule has 6 heteroatoms. The van der Waals surface area contributed by atoms with Crippen molar-refractivity contribution < 1.29 is 4.74 Å². The highest BCUT2D eigenvalue weighted by Crippen LogP contribution is 2.35. The molecule has 1 saturated carbocycles. The normalized spacial score (nSPS) is 18.8. The zero-order chi connectivity index (χ0) is 14.6. The van der Waals surface area contributed by atoms with Crippen LogP contribution >= 0.6 is 11.6 Å². The summed E-state index contributed by atoms with van der Waals surface area (Å²) in [5.41, 5.74) is 0.449. The van der Waals surface area contributed by atoms with E-state index < -0.39 is 0 Å². The van der Waals surface area contributed by atoms with Crippen molar-refractivity contribution in [3.8, 4) is 6.01 Å². The molecule has 20 heavy (non-hydrogen) atoms. The summed E-state index contributed by atoms with van der Waals surface area (Å²) in [7, 11) is 0. The number of anilines is 1. The molecule has 0 bridgehead atoms. The van der Waals surface area contributed by atoms with E-state index in [9.17, 15) is 0 Å². The minimum Gasteiger partial charge on any atom is -0.463 e. The fourth-order valence-corrected chi connectivity index (χ4v) is 2.53. The van der Waals surface area contributed by atoms with Gasteiger partial charge in [0.05, 0.1) is 6.61 Å². The molecule has 0 spiro atoms. The minimum absolute atomic E-state index is 0.171. The molecule has 112 valence electrons. The number of nitrogens with one attached hydrogen (secondary N) is 1. The lowest BCUT2D eigenvalue weighted by molar-refractivity contribution is 0.232. The lowest BCUT2D eigenvalue weighted by atomic mass is 9.76. The Bertz CT molecular complexity index is 443. The quantitative estimate of drug-likeness (QED) is 0.898. The third kappa shape index (κ3) is 4.47. The van der Waals surface area contributed by atoms with Gasteiger partial charge in [-0.15, -0.1) is 0 Å². The average molecular weight is 299 g/mol. The fraction of sp³-hybridized carbons (Fsp3) is 0.786. The Morgan fingerprint density at radius 3 is 2.60 bits per heavy atom. The summed E-state index contributed by atoms with van der Waals surface area (Å²) in [5.74, 6) is 0.515. The molecule has 2 rings (SSSR count). The number of rotatable bonds is 5. The molecular weight excluding hydrogens is 276 g/mol. The highest BCUT2D eigenvalue weighted by molar-refractivity contribution is 6.28. The van der Waals surface area contributed by atoms with Crippen molar-refractivity contribution in [3.05, 3.63) is 5.28 Å². The second-order valence-corrected chi connectivity index (χ2v) is 6.48. The molecule has 1 aromatic heterocycles. The van der Waals surface area contributed by atoms with Gasteiger partial charge in [-0.05, 0) is 49.1 Å². The zero-order valence-electron chi connectivity index (χ0n) is 12.4. The second-order valence-electron chi connectivity index (χ2n) is 6.14.